The zero-order valence-corrected chi connectivity index (χ0v) is 18.7. The first-order valence-electron chi connectivity index (χ1n) is 10.4. The second kappa shape index (κ2) is 9.89. The van der Waals surface area contributed by atoms with Gasteiger partial charge in [-0.25, -0.2) is 18.1 Å². The fourth-order valence-electron chi connectivity index (χ4n) is 3.24. The van der Waals surface area contributed by atoms with Crippen LogP contribution >= 0.6 is 0 Å². The molecule has 0 aliphatic heterocycles. The summed E-state index contributed by atoms with van der Waals surface area (Å²) in [6, 6.07) is 13.9. The molecule has 0 saturated carbocycles. The van der Waals surface area contributed by atoms with Crippen molar-refractivity contribution in [1.82, 2.24) is 20.0 Å². The maximum absolute atomic E-state index is 12.6. The minimum Gasteiger partial charge on any atom is -0.342 e. The molecule has 3 N–H and O–H groups in total. The number of sulfonamides is 1. The second-order valence-corrected chi connectivity index (χ2v) is 9.18. The Kier molecular flexibility index (Phi) is 7.25. The summed E-state index contributed by atoms with van der Waals surface area (Å²) in [4.78, 5) is 20.7. The van der Waals surface area contributed by atoms with Crippen LogP contribution in [-0.2, 0) is 14.8 Å². The first kappa shape index (κ1) is 22.7. The minimum absolute atomic E-state index is 0.188. The summed E-state index contributed by atoms with van der Waals surface area (Å²) in [7, 11) is -3.49. The van der Waals surface area contributed by atoms with Crippen molar-refractivity contribution in [3.8, 4) is 0 Å². The lowest BCUT2D eigenvalue weighted by molar-refractivity contribution is -0.117. The minimum atomic E-state index is -3.49. The normalized spacial score (nSPS) is 14.0. The first-order valence-corrected chi connectivity index (χ1v) is 11.8. The van der Waals surface area contributed by atoms with Crippen LogP contribution in [0.4, 0.5) is 0 Å². The number of hydrogen-bond acceptors (Lipinski definition) is 4. The molecule has 2 unspecified atom stereocenters. The highest BCUT2D eigenvalue weighted by Crippen LogP contribution is 2.24. The summed E-state index contributed by atoms with van der Waals surface area (Å²) < 4.78 is 26.5. The Bertz CT molecular complexity index is 1130. The fraction of sp³-hybridized carbons (Fsp3) is 0.304. The molecule has 0 radical (unpaired) electrons. The standard InChI is InChI=1S/C23H28N4O3S/c1-4-16(3)22(23-25-19-8-6-7-9-20(19)26-23)27-21(28)15-12-17-10-13-18(14-11-17)31(29,30)24-5-2/h6-16,22,24H,4-5H2,1-3H3,(H,25,26)(H,27,28)/b15-12+. The number of carbonyl (C=O) groups is 1. The predicted molar refractivity (Wildman–Crippen MR) is 123 cm³/mol. The van der Waals surface area contributed by atoms with Crippen molar-refractivity contribution in [1.29, 1.82) is 0 Å². The molecule has 164 valence electrons. The van der Waals surface area contributed by atoms with Gasteiger partial charge < -0.3 is 10.3 Å². The summed E-state index contributed by atoms with van der Waals surface area (Å²) in [6.45, 7) is 6.20. The molecule has 2 aromatic carbocycles. The molecule has 1 aromatic heterocycles. The molecule has 0 fully saturated rings. The number of aromatic nitrogens is 2. The van der Waals surface area contributed by atoms with E-state index in [9.17, 15) is 13.2 Å². The van der Waals surface area contributed by atoms with Gasteiger partial charge in [0.2, 0.25) is 15.9 Å². The number of rotatable bonds is 9. The highest BCUT2D eigenvalue weighted by molar-refractivity contribution is 7.89. The van der Waals surface area contributed by atoms with E-state index < -0.39 is 10.0 Å². The number of aromatic amines is 1. The summed E-state index contributed by atoms with van der Waals surface area (Å²) in [5.41, 5.74) is 2.53. The van der Waals surface area contributed by atoms with Crippen molar-refractivity contribution in [3.63, 3.8) is 0 Å². The Labute approximate surface area is 183 Å². The summed E-state index contributed by atoms with van der Waals surface area (Å²) in [5.74, 6) is 0.679. The Morgan fingerprint density at radius 2 is 1.84 bits per heavy atom. The lowest BCUT2D eigenvalue weighted by atomic mass is 9.98. The van der Waals surface area contributed by atoms with E-state index in [0.717, 1.165) is 28.8 Å². The molecule has 8 heteroatoms. The number of carbonyl (C=O) groups excluding carboxylic acids is 1. The van der Waals surface area contributed by atoms with Gasteiger partial charge in [0.25, 0.3) is 0 Å². The van der Waals surface area contributed by atoms with Gasteiger partial charge in [0.05, 0.1) is 22.0 Å². The van der Waals surface area contributed by atoms with Crippen LogP contribution in [0.15, 0.2) is 59.5 Å². The maximum Gasteiger partial charge on any atom is 0.244 e. The monoisotopic (exact) mass is 440 g/mol. The zero-order chi connectivity index (χ0) is 22.4. The van der Waals surface area contributed by atoms with E-state index in [2.05, 4.69) is 33.9 Å². The smallest absolute Gasteiger partial charge is 0.244 e. The number of hydrogen-bond donors (Lipinski definition) is 3. The Morgan fingerprint density at radius 1 is 1.13 bits per heavy atom. The summed E-state index contributed by atoms with van der Waals surface area (Å²) in [6.07, 6.45) is 3.99. The average Bonchev–Trinajstić information content (AvgIpc) is 3.19. The molecule has 3 aromatic rings. The number of amides is 1. The molecule has 0 aliphatic rings. The number of para-hydroxylation sites is 2. The van der Waals surface area contributed by atoms with Crippen LogP contribution in [0.3, 0.4) is 0 Å². The SMILES string of the molecule is CCNS(=O)(=O)c1ccc(/C=C/C(=O)NC(c2nc3ccccc3[nH]2)C(C)CC)cc1. The number of nitrogens with one attached hydrogen (secondary N) is 3. The fourth-order valence-corrected chi connectivity index (χ4v) is 4.28. The Morgan fingerprint density at radius 3 is 2.48 bits per heavy atom. The molecule has 0 spiro atoms. The van der Waals surface area contributed by atoms with E-state index in [0.29, 0.717) is 6.54 Å². The molecule has 31 heavy (non-hydrogen) atoms. The van der Waals surface area contributed by atoms with E-state index >= 15 is 0 Å². The first-order chi connectivity index (χ1) is 14.8. The molecule has 7 nitrogen and oxygen atoms in total. The molecule has 0 saturated heterocycles. The lowest BCUT2D eigenvalue weighted by Crippen LogP contribution is -2.32. The lowest BCUT2D eigenvalue weighted by Gasteiger charge is -2.21. The largest absolute Gasteiger partial charge is 0.342 e. The van der Waals surface area contributed by atoms with E-state index in [-0.39, 0.29) is 22.8 Å². The van der Waals surface area contributed by atoms with Crippen LogP contribution in [0.25, 0.3) is 17.1 Å². The number of imidazole rings is 1. The van der Waals surface area contributed by atoms with Gasteiger partial charge in [-0.1, -0.05) is 51.5 Å². The van der Waals surface area contributed by atoms with Crippen molar-refractivity contribution in [2.45, 2.75) is 38.1 Å². The number of H-pyrrole nitrogens is 1. The van der Waals surface area contributed by atoms with Crippen molar-refractivity contribution in [2.24, 2.45) is 5.92 Å². The molecule has 0 bridgehead atoms. The third kappa shape index (κ3) is 5.59. The Hall–Kier alpha value is -2.97. The second-order valence-electron chi connectivity index (χ2n) is 7.41. The van der Waals surface area contributed by atoms with Crippen LogP contribution in [0, 0.1) is 5.92 Å². The van der Waals surface area contributed by atoms with Gasteiger partial charge in [-0.05, 0) is 41.8 Å². The van der Waals surface area contributed by atoms with E-state index in [4.69, 9.17) is 0 Å². The third-order valence-electron chi connectivity index (χ3n) is 5.16. The average molecular weight is 441 g/mol. The highest BCUT2D eigenvalue weighted by Gasteiger charge is 2.22. The molecular formula is C23H28N4O3S. The van der Waals surface area contributed by atoms with E-state index in [1.165, 1.54) is 18.2 Å². The van der Waals surface area contributed by atoms with Crippen LogP contribution in [-0.4, -0.2) is 30.8 Å². The number of fused-ring (bicyclic) bond motifs is 1. The molecule has 1 amide bonds. The van der Waals surface area contributed by atoms with Crippen LogP contribution in [0.2, 0.25) is 0 Å². The quantitative estimate of drug-likeness (QED) is 0.441. The summed E-state index contributed by atoms with van der Waals surface area (Å²) >= 11 is 0. The molecule has 3 rings (SSSR count). The molecule has 2 atom stereocenters. The van der Waals surface area contributed by atoms with Gasteiger partial charge in [0.1, 0.15) is 5.82 Å². The van der Waals surface area contributed by atoms with E-state index in [1.807, 2.05) is 24.3 Å². The molecular weight excluding hydrogens is 412 g/mol. The number of nitrogens with zero attached hydrogens (tertiary/aromatic N) is 1. The van der Waals surface area contributed by atoms with Crippen molar-refractivity contribution in [3.05, 3.63) is 66.0 Å². The van der Waals surface area contributed by atoms with Crippen LogP contribution in [0.5, 0.6) is 0 Å². The number of benzene rings is 2. The van der Waals surface area contributed by atoms with Crippen LogP contribution < -0.4 is 10.0 Å². The zero-order valence-electron chi connectivity index (χ0n) is 17.9. The van der Waals surface area contributed by atoms with Gasteiger partial charge in [0, 0.05) is 12.6 Å². The summed E-state index contributed by atoms with van der Waals surface area (Å²) in [5, 5.41) is 3.04. The molecule has 1 heterocycles. The van der Waals surface area contributed by atoms with Gasteiger partial charge >= 0.3 is 0 Å². The predicted octanol–water partition coefficient (Wildman–Crippen LogP) is 3.78. The van der Waals surface area contributed by atoms with Gasteiger partial charge in [-0.2, -0.15) is 0 Å². The van der Waals surface area contributed by atoms with Gasteiger partial charge in [0.15, 0.2) is 0 Å². The topological polar surface area (TPSA) is 104 Å². The van der Waals surface area contributed by atoms with Crippen molar-refractivity contribution < 1.29 is 13.2 Å². The van der Waals surface area contributed by atoms with E-state index in [1.54, 1.807) is 25.1 Å². The highest BCUT2D eigenvalue weighted by atomic mass is 32.2. The van der Waals surface area contributed by atoms with Gasteiger partial charge in [-0.3, -0.25) is 4.79 Å². The van der Waals surface area contributed by atoms with Crippen LogP contribution in [0.1, 0.15) is 44.6 Å². The van der Waals surface area contributed by atoms with Crippen molar-refractivity contribution >= 4 is 33.0 Å². The third-order valence-corrected chi connectivity index (χ3v) is 6.73. The Balaban J connectivity index is 1.73. The van der Waals surface area contributed by atoms with Gasteiger partial charge in [-0.15, -0.1) is 0 Å². The molecule has 0 aliphatic carbocycles. The van der Waals surface area contributed by atoms with Crippen molar-refractivity contribution in [2.75, 3.05) is 6.54 Å². The maximum atomic E-state index is 12.6.